The molecule has 0 saturated heterocycles. The van der Waals surface area contributed by atoms with E-state index in [2.05, 4.69) is 60.8 Å². The number of aromatic nitrogens is 2. The third kappa shape index (κ3) is 4.21. The first-order valence-electron chi connectivity index (χ1n) is 6.91. The van der Waals surface area contributed by atoms with Crippen LogP contribution in [-0.4, -0.2) is 9.78 Å². The summed E-state index contributed by atoms with van der Waals surface area (Å²) in [4.78, 5) is 0. The zero-order valence-corrected chi connectivity index (χ0v) is 12.0. The lowest BCUT2D eigenvalue weighted by atomic mass is 9.97. The van der Waals surface area contributed by atoms with Gasteiger partial charge in [0, 0.05) is 31.4 Å². The van der Waals surface area contributed by atoms with Crippen LogP contribution in [0.25, 0.3) is 0 Å². The van der Waals surface area contributed by atoms with E-state index < -0.39 is 0 Å². The van der Waals surface area contributed by atoms with Crippen LogP contribution in [0.1, 0.15) is 37.4 Å². The monoisotopic (exact) mass is 257 g/mol. The first-order valence-corrected chi connectivity index (χ1v) is 6.91. The maximum atomic E-state index is 4.20. The highest BCUT2D eigenvalue weighted by Gasteiger charge is 2.12. The predicted molar refractivity (Wildman–Crippen MR) is 78.7 cm³/mol. The van der Waals surface area contributed by atoms with Crippen LogP contribution in [-0.2, 0) is 13.6 Å². The number of aryl methyl sites for hydroxylation is 1. The van der Waals surface area contributed by atoms with Crippen molar-refractivity contribution in [2.24, 2.45) is 13.0 Å². The molecule has 0 saturated carbocycles. The highest BCUT2D eigenvalue weighted by molar-refractivity contribution is 5.19. The SMILES string of the molecule is CC(C)C[C@@H](NCc1cnn(C)c1)c1ccccc1. The van der Waals surface area contributed by atoms with Gasteiger partial charge < -0.3 is 5.32 Å². The Morgan fingerprint density at radius 1 is 1.21 bits per heavy atom. The van der Waals surface area contributed by atoms with E-state index in [9.17, 15) is 0 Å². The zero-order chi connectivity index (χ0) is 13.7. The second-order valence-corrected chi connectivity index (χ2v) is 5.50. The molecule has 0 unspecified atom stereocenters. The van der Waals surface area contributed by atoms with E-state index in [1.54, 1.807) is 0 Å². The van der Waals surface area contributed by atoms with Gasteiger partial charge in [0.05, 0.1) is 6.20 Å². The molecule has 1 atom stereocenters. The third-order valence-electron chi connectivity index (χ3n) is 3.22. The van der Waals surface area contributed by atoms with Crippen molar-refractivity contribution in [1.29, 1.82) is 0 Å². The molecule has 102 valence electrons. The van der Waals surface area contributed by atoms with Crippen molar-refractivity contribution in [1.82, 2.24) is 15.1 Å². The summed E-state index contributed by atoms with van der Waals surface area (Å²) < 4.78 is 1.84. The number of benzene rings is 1. The Morgan fingerprint density at radius 3 is 2.53 bits per heavy atom. The van der Waals surface area contributed by atoms with Gasteiger partial charge in [-0.2, -0.15) is 5.10 Å². The smallest absolute Gasteiger partial charge is 0.0534 e. The molecule has 3 nitrogen and oxygen atoms in total. The molecule has 2 aromatic rings. The van der Waals surface area contributed by atoms with Crippen molar-refractivity contribution in [3.63, 3.8) is 0 Å². The summed E-state index contributed by atoms with van der Waals surface area (Å²) in [6.45, 7) is 5.39. The molecular formula is C16H23N3. The molecule has 0 amide bonds. The average Bonchev–Trinajstić information content (AvgIpc) is 2.81. The molecule has 1 aromatic carbocycles. The van der Waals surface area contributed by atoms with E-state index in [1.807, 2.05) is 17.9 Å². The molecule has 0 bridgehead atoms. The number of rotatable bonds is 6. The molecule has 3 heteroatoms. The highest BCUT2D eigenvalue weighted by Crippen LogP contribution is 2.21. The summed E-state index contributed by atoms with van der Waals surface area (Å²) in [6.07, 6.45) is 5.12. The first kappa shape index (κ1) is 13.8. The maximum absolute atomic E-state index is 4.20. The Morgan fingerprint density at radius 2 is 1.95 bits per heavy atom. The molecule has 0 aliphatic heterocycles. The Labute approximate surface area is 115 Å². The Bertz CT molecular complexity index is 488. The van der Waals surface area contributed by atoms with E-state index >= 15 is 0 Å². The van der Waals surface area contributed by atoms with Crippen molar-refractivity contribution in [2.75, 3.05) is 0 Å². The number of hydrogen-bond donors (Lipinski definition) is 1. The van der Waals surface area contributed by atoms with Gasteiger partial charge in [-0.1, -0.05) is 44.2 Å². The van der Waals surface area contributed by atoms with E-state index in [-0.39, 0.29) is 0 Å². The van der Waals surface area contributed by atoms with E-state index in [4.69, 9.17) is 0 Å². The highest BCUT2D eigenvalue weighted by atomic mass is 15.2. The summed E-state index contributed by atoms with van der Waals surface area (Å²) in [6, 6.07) is 11.1. The van der Waals surface area contributed by atoms with Crippen LogP contribution in [0.15, 0.2) is 42.7 Å². The summed E-state index contributed by atoms with van der Waals surface area (Å²) in [5.41, 5.74) is 2.59. The summed E-state index contributed by atoms with van der Waals surface area (Å²) in [7, 11) is 1.95. The third-order valence-corrected chi connectivity index (χ3v) is 3.22. The predicted octanol–water partition coefficient (Wildman–Crippen LogP) is 3.30. The van der Waals surface area contributed by atoms with Crippen molar-refractivity contribution < 1.29 is 0 Å². The van der Waals surface area contributed by atoms with Crippen molar-refractivity contribution in [3.05, 3.63) is 53.9 Å². The lowest BCUT2D eigenvalue weighted by Crippen LogP contribution is -2.22. The van der Waals surface area contributed by atoms with Gasteiger partial charge in [0.2, 0.25) is 0 Å². The van der Waals surface area contributed by atoms with Gasteiger partial charge in [0.15, 0.2) is 0 Å². The zero-order valence-electron chi connectivity index (χ0n) is 12.0. The van der Waals surface area contributed by atoms with Crippen LogP contribution in [0.3, 0.4) is 0 Å². The van der Waals surface area contributed by atoms with Gasteiger partial charge in [-0.15, -0.1) is 0 Å². The molecule has 0 aliphatic rings. The summed E-state index contributed by atoms with van der Waals surface area (Å²) >= 11 is 0. The molecule has 0 fully saturated rings. The summed E-state index contributed by atoms with van der Waals surface area (Å²) in [5.74, 6) is 0.673. The van der Waals surface area contributed by atoms with Crippen molar-refractivity contribution >= 4 is 0 Å². The van der Waals surface area contributed by atoms with E-state index in [1.165, 1.54) is 11.1 Å². The minimum Gasteiger partial charge on any atom is -0.306 e. The van der Waals surface area contributed by atoms with Gasteiger partial charge in [-0.25, -0.2) is 0 Å². The van der Waals surface area contributed by atoms with Crippen LogP contribution < -0.4 is 5.32 Å². The topological polar surface area (TPSA) is 29.9 Å². The molecule has 1 heterocycles. The fourth-order valence-electron chi connectivity index (χ4n) is 2.30. The molecule has 1 aromatic heterocycles. The average molecular weight is 257 g/mol. The normalized spacial score (nSPS) is 12.8. The van der Waals surface area contributed by atoms with Gasteiger partial charge in [-0.3, -0.25) is 4.68 Å². The quantitative estimate of drug-likeness (QED) is 0.860. The second-order valence-electron chi connectivity index (χ2n) is 5.50. The van der Waals surface area contributed by atoms with Crippen LogP contribution in [0.5, 0.6) is 0 Å². The molecule has 2 rings (SSSR count). The number of hydrogen-bond acceptors (Lipinski definition) is 2. The molecule has 0 aliphatic carbocycles. The molecular weight excluding hydrogens is 234 g/mol. The molecule has 19 heavy (non-hydrogen) atoms. The molecule has 0 spiro atoms. The fraction of sp³-hybridized carbons (Fsp3) is 0.438. The van der Waals surface area contributed by atoms with Gasteiger partial charge >= 0.3 is 0 Å². The number of nitrogens with one attached hydrogen (secondary N) is 1. The summed E-state index contributed by atoms with van der Waals surface area (Å²) in [5, 5.41) is 7.85. The lowest BCUT2D eigenvalue weighted by Gasteiger charge is -2.21. The van der Waals surface area contributed by atoms with Gasteiger partial charge in [0.1, 0.15) is 0 Å². The number of nitrogens with zero attached hydrogens (tertiary/aromatic N) is 2. The Hall–Kier alpha value is -1.61. The first-order chi connectivity index (χ1) is 9.15. The Kier molecular flexibility index (Phi) is 4.74. The van der Waals surface area contributed by atoms with E-state index in [0.717, 1.165) is 13.0 Å². The second kappa shape index (κ2) is 6.53. The minimum atomic E-state index is 0.404. The lowest BCUT2D eigenvalue weighted by molar-refractivity contribution is 0.428. The van der Waals surface area contributed by atoms with Gasteiger partial charge in [-0.05, 0) is 17.9 Å². The largest absolute Gasteiger partial charge is 0.306 e. The van der Waals surface area contributed by atoms with E-state index in [0.29, 0.717) is 12.0 Å². The van der Waals surface area contributed by atoms with Crippen LogP contribution >= 0.6 is 0 Å². The van der Waals surface area contributed by atoms with Crippen LogP contribution in [0.4, 0.5) is 0 Å². The van der Waals surface area contributed by atoms with Gasteiger partial charge in [0.25, 0.3) is 0 Å². The maximum Gasteiger partial charge on any atom is 0.0534 e. The van der Waals surface area contributed by atoms with Crippen LogP contribution in [0, 0.1) is 5.92 Å². The fourth-order valence-corrected chi connectivity index (χ4v) is 2.30. The molecule has 1 N–H and O–H groups in total. The van der Waals surface area contributed by atoms with Crippen molar-refractivity contribution in [3.8, 4) is 0 Å². The minimum absolute atomic E-state index is 0.404. The Balaban J connectivity index is 2.02. The van der Waals surface area contributed by atoms with Crippen molar-refractivity contribution in [2.45, 2.75) is 32.9 Å². The standard InChI is InChI=1S/C16H23N3/c1-13(2)9-16(15-7-5-4-6-8-15)17-10-14-11-18-19(3)12-14/h4-8,11-13,16-17H,9-10H2,1-3H3/t16-/m1/s1. The van der Waals surface area contributed by atoms with Crippen LogP contribution in [0.2, 0.25) is 0 Å². The molecule has 0 radical (unpaired) electrons.